The smallest absolute Gasteiger partial charge is 0.227 e. The lowest BCUT2D eigenvalue weighted by Gasteiger charge is -2.21. The fourth-order valence-corrected chi connectivity index (χ4v) is 2.69. The van der Waals surface area contributed by atoms with Gasteiger partial charge in [0.25, 0.3) is 0 Å². The van der Waals surface area contributed by atoms with Crippen molar-refractivity contribution >= 4 is 17.5 Å². The van der Waals surface area contributed by atoms with Crippen molar-refractivity contribution in [1.29, 1.82) is 0 Å². The Morgan fingerprint density at radius 1 is 0.962 bits per heavy atom. The van der Waals surface area contributed by atoms with E-state index in [1.807, 2.05) is 55.5 Å². The molecule has 0 fully saturated rings. The maximum Gasteiger partial charge on any atom is 0.227 e. The number of aromatic nitrogens is 2. The van der Waals surface area contributed by atoms with Crippen LogP contribution in [0.1, 0.15) is 19.4 Å². The van der Waals surface area contributed by atoms with Gasteiger partial charge < -0.3 is 15.0 Å². The predicted molar refractivity (Wildman–Crippen MR) is 106 cm³/mol. The van der Waals surface area contributed by atoms with Gasteiger partial charge in [0, 0.05) is 19.3 Å². The van der Waals surface area contributed by atoms with Crippen molar-refractivity contribution in [3.8, 4) is 5.75 Å². The van der Waals surface area contributed by atoms with E-state index in [9.17, 15) is 0 Å². The maximum absolute atomic E-state index is 5.67. The van der Waals surface area contributed by atoms with Gasteiger partial charge in [-0.15, -0.1) is 0 Å². The van der Waals surface area contributed by atoms with E-state index >= 15 is 0 Å². The standard InChI is InChI=1S/C21H24N4O/c1-3-25(16-17-10-6-5-7-11-17)21-22-15-14-20(24-21)23-18-12-8-9-13-19(18)26-4-2/h5-15H,3-4,16H2,1-2H3,(H,22,23,24). The lowest BCUT2D eigenvalue weighted by molar-refractivity contribution is 0.342. The van der Waals surface area contributed by atoms with E-state index < -0.39 is 0 Å². The van der Waals surface area contributed by atoms with E-state index in [0.717, 1.165) is 30.3 Å². The third kappa shape index (κ3) is 4.51. The summed E-state index contributed by atoms with van der Waals surface area (Å²) in [5, 5.41) is 3.34. The topological polar surface area (TPSA) is 50.3 Å². The Hall–Kier alpha value is -3.08. The Bertz CT molecular complexity index is 823. The van der Waals surface area contributed by atoms with Gasteiger partial charge in [-0.2, -0.15) is 4.98 Å². The third-order valence-corrected chi connectivity index (χ3v) is 3.97. The van der Waals surface area contributed by atoms with Crippen LogP contribution in [0.3, 0.4) is 0 Å². The molecule has 5 nitrogen and oxygen atoms in total. The summed E-state index contributed by atoms with van der Waals surface area (Å²) < 4.78 is 5.67. The Morgan fingerprint density at radius 3 is 2.50 bits per heavy atom. The summed E-state index contributed by atoms with van der Waals surface area (Å²) in [4.78, 5) is 11.3. The molecule has 0 unspecified atom stereocenters. The summed E-state index contributed by atoms with van der Waals surface area (Å²) >= 11 is 0. The highest BCUT2D eigenvalue weighted by Crippen LogP contribution is 2.27. The number of nitrogens with zero attached hydrogens (tertiary/aromatic N) is 3. The lowest BCUT2D eigenvalue weighted by Crippen LogP contribution is -2.24. The zero-order chi connectivity index (χ0) is 18.2. The minimum atomic E-state index is 0.619. The summed E-state index contributed by atoms with van der Waals surface area (Å²) in [6, 6.07) is 20.1. The molecule has 0 aliphatic carbocycles. The summed E-state index contributed by atoms with van der Waals surface area (Å²) in [6.07, 6.45) is 1.78. The van der Waals surface area contributed by atoms with Gasteiger partial charge in [0.2, 0.25) is 5.95 Å². The second-order valence-corrected chi connectivity index (χ2v) is 5.80. The van der Waals surface area contributed by atoms with Gasteiger partial charge in [-0.25, -0.2) is 4.98 Å². The summed E-state index contributed by atoms with van der Waals surface area (Å²) in [5.74, 6) is 2.26. The highest BCUT2D eigenvalue weighted by molar-refractivity contribution is 5.64. The van der Waals surface area contributed by atoms with Gasteiger partial charge in [0.15, 0.2) is 0 Å². The van der Waals surface area contributed by atoms with Crippen LogP contribution in [-0.2, 0) is 6.54 Å². The predicted octanol–water partition coefficient (Wildman–Crippen LogP) is 4.65. The number of rotatable bonds is 8. The van der Waals surface area contributed by atoms with E-state index in [2.05, 4.69) is 39.2 Å². The van der Waals surface area contributed by atoms with Crippen molar-refractivity contribution in [2.45, 2.75) is 20.4 Å². The number of nitrogens with one attached hydrogen (secondary N) is 1. The van der Waals surface area contributed by atoms with Gasteiger partial charge in [-0.1, -0.05) is 42.5 Å². The van der Waals surface area contributed by atoms with E-state index in [1.54, 1.807) is 6.20 Å². The van der Waals surface area contributed by atoms with Crippen LogP contribution < -0.4 is 15.0 Å². The molecule has 3 aromatic rings. The van der Waals surface area contributed by atoms with Crippen LogP contribution >= 0.6 is 0 Å². The summed E-state index contributed by atoms with van der Waals surface area (Å²) in [5.41, 5.74) is 2.13. The molecular weight excluding hydrogens is 324 g/mol. The normalized spacial score (nSPS) is 10.4. The molecule has 5 heteroatoms. The quantitative estimate of drug-likeness (QED) is 0.642. The lowest BCUT2D eigenvalue weighted by atomic mass is 10.2. The molecule has 0 radical (unpaired) electrons. The first-order valence-corrected chi connectivity index (χ1v) is 8.91. The minimum absolute atomic E-state index is 0.619. The molecule has 2 aromatic carbocycles. The van der Waals surface area contributed by atoms with Crippen LogP contribution in [0, 0.1) is 0 Å². The highest BCUT2D eigenvalue weighted by Gasteiger charge is 2.10. The highest BCUT2D eigenvalue weighted by atomic mass is 16.5. The molecule has 0 atom stereocenters. The summed E-state index contributed by atoms with van der Waals surface area (Å²) in [6.45, 7) is 6.30. The van der Waals surface area contributed by atoms with Crippen molar-refractivity contribution in [1.82, 2.24) is 9.97 Å². The first-order valence-electron chi connectivity index (χ1n) is 8.91. The van der Waals surface area contributed by atoms with Crippen molar-refractivity contribution in [2.75, 3.05) is 23.4 Å². The Balaban J connectivity index is 1.79. The average molecular weight is 348 g/mol. The molecule has 0 saturated heterocycles. The van der Waals surface area contributed by atoms with Crippen LogP contribution in [0.5, 0.6) is 5.75 Å². The molecule has 0 aliphatic rings. The average Bonchev–Trinajstić information content (AvgIpc) is 2.69. The fraction of sp³-hybridized carbons (Fsp3) is 0.238. The number of anilines is 3. The molecule has 0 saturated carbocycles. The number of benzene rings is 2. The molecule has 0 amide bonds. The number of hydrogen-bond acceptors (Lipinski definition) is 5. The molecule has 1 aromatic heterocycles. The zero-order valence-corrected chi connectivity index (χ0v) is 15.2. The van der Waals surface area contributed by atoms with Crippen LogP contribution in [0.4, 0.5) is 17.5 Å². The molecule has 134 valence electrons. The van der Waals surface area contributed by atoms with Crippen molar-refractivity contribution in [2.24, 2.45) is 0 Å². The SMILES string of the molecule is CCOc1ccccc1Nc1ccnc(N(CC)Cc2ccccc2)n1. The molecule has 1 heterocycles. The first-order chi connectivity index (χ1) is 12.8. The van der Waals surface area contributed by atoms with E-state index in [4.69, 9.17) is 4.74 Å². The van der Waals surface area contributed by atoms with Crippen LogP contribution in [0.2, 0.25) is 0 Å². The second-order valence-electron chi connectivity index (χ2n) is 5.80. The minimum Gasteiger partial charge on any atom is -0.492 e. The van der Waals surface area contributed by atoms with Gasteiger partial charge in [0.1, 0.15) is 11.6 Å². The number of hydrogen-bond donors (Lipinski definition) is 1. The third-order valence-electron chi connectivity index (χ3n) is 3.97. The van der Waals surface area contributed by atoms with E-state index in [0.29, 0.717) is 12.6 Å². The second kappa shape index (κ2) is 8.85. The van der Waals surface area contributed by atoms with Crippen molar-refractivity contribution < 1.29 is 4.74 Å². The monoisotopic (exact) mass is 348 g/mol. The molecule has 0 bridgehead atoms. The molecular formula is C21H24N4O. The number of ether oxygens (including phenoxy) is 1. The van der Waals surface area contributed by atoms with Crippen molar-refractivity contribution in [3.05, 3.63) is 72.4 Å². The van der Waals surface area contributed by atoms with Gasteiger partial charge in [-0.3, -0.25) is 0 Å². The molecule has 0 aliphatic heterocycles. The van der Waals surface area contributed by atoms with E-state index in [1.165, 1.54) is 5.56 Å². The van der Waals surface area contributed by atoms with Crippen LogP contribution in [-0.4, -0.2) is 23.1 Å². The summed E-state index contributed by atoms with van der Waals surface area (Å²) in [7, 11) is 0. The maximum atomic E-state index is 5.67. The van der Waals surface area contributed by atoms with Gasteiger partial charge in [0.05, 0.1) is 12.3 Å². The zero-order valence-electron chi connectivity index (χ0n) is 15.2. The Morgan fingerprint density at radius 2 is 1.73 bits per heavy atom. The Kier molecular flexibility index (Phi) is 6.04. The molecule has 26 heavy (non-hydrogen) atoms. The molecule has 3 rings (SSSR count). The van der Waals surface area contributed by atoms with Crippen LogP contribution in [0.25, 0.3) is 0 Å². The number of para-hydroxylation sites is 2. The fourth-order valence-electron chi connectivity index (χ4n) is 2.69. The van der Waals surface area contributed by atoms with Crippen molar-refractivity contribution in [3.63, 3.8) is 0 Å². The van der Waals surface area contributed by atoms with Crippen LogP contribution in [0.15, 0.2) is 66.9 Å². The molecule has 1 N–H and O–H groups in total. The molecule has 0 spiro atoms. The van der Waals surface area contributed by atoms with Gasteiger partial charge in [-0.05, 0) is 37.6 Å². The van der Waals surface area contributed by atoms with Gasteiger partial charge >= 0.3 is 0 Å². The largest absolute Gasteiger partial charge is 0.492 e. The Labute approximate surface area is 154 Å². The van der Waals surface area contributed by atoms with E-state index in [-0.39, 0.29) is 0 Å². The first kappa shape index (κ1) is 17.7.